The number of hydrogen-bond acceptors (Lipinski definition) is 5. The Kier molecular flexibility index (Phi) is 8.36. The number of ether oxygens (including phenoxy) is 2. The van der Waals surface area contributed by atoms with E-state index in [-0.39, 0.29) is 30.1 Å². The molecular formula is C20H29IN4O2S. The lowest BCUT2D eigenvalue weighted by molar-refractivity contribution is 0.254. The quantitative estimate of drug-likeness (QED) is 0.358. The van der Waals surface area contributed by atoms with Crippen molar-refractivity contribution in [3.63, 3.8) is 0 Å². The average molecular weight is 516 g/mol. The number of aliphatic imine (C=N–C) groups is 1. The van der Waals surface area contributed by atoms with Crippen LogP contribution in [0.25, 0.3) is 0 Å². The third-order valence-electron chi connectivity index (χ3n) is 4.46. The molecule has 1 aliphatic rings. The molecular weight excluding hydrogens is 487 g/mol. The summed E-state index contributed by atoms with van der Waals surface area (Å²) in [4.78, 5) is 11.0. The summed E-state index contributed by atoms with van der Waals surface area (Å²) in [6, 6.07) is 4.21. The van der Waals surface area contributed by atoms with Gasteiger partial charge in [0.2, 0.25) is 0 Å². The number of aromatic nitrogens is 1. The third kappa shape index (κ3) is 5.50. The van der Waals surface area contributed by atoms with E-state index in [1.807, 2.05) is 20.9 Å². The number of nitrogens with zero attached hydrogens (tertiary/aromatic N) is 3. The van der Waals surface area contributed by atoms with Crippen molar-refractivity contribution in [2.45, 2.75) is 46.4 Å². The molecule has 1 N–H and O–H groups in total. The van der Waals surface area contributed by atoms with Crippen molar-refractivity contribution < 1.29 is 9.47 Å². The lowest BCUT2D eigenvalue weighted by atomic mass is 10.1. The van der Waals surface area contributed by atoms with Gasteiger partial charge < -0.3 is 19.7 Å². The van der Waals surface area contributed by atoms with Crippen LogP contribution in [0.5, 0.6) is 11.5 Å². The molecule has 0 saturated carbocycles. The highest BCUT2D eigenvalue weighted by atomic mass is 127. The van der Waals surface area contributed by atoms with Crippen LogP contribution in [0.4, 0.5) is 0 Å². The zero-order valence-corrected chi connectivity index (χ0v) is 20.3. The van der Waals surface area contributed by atoms with Gasteiger partial charge in [-0.2, -0.15) is 0 Å². The summed E-state index contributed by atoms with van der Waals surface area (Å²) in [5, 5.41) is 6.60. The molecule has 0 bridgehead atoms. The molecule has 6 nitrogen and oxygen atoms in total. The van der Waals surface area contributed by atoms with Crippen LogP contribution in [-0.2, 0) is 19.5 Å². The Hall–Kier alpha value is -1.55. The number of hydrogen-bond donors (Lipinski definition) is 1. The molecule has 0 radical (unpaired) electrons. The summed E-state index contributed by atoms with van der Waals surface area (Å²) >= 11 is 1.67. The molecule has 0 amide bonds. The zero-order chi connectivity index (χ0) is 19.4. The Balaban J connectivity index is 0.00000280. The van der Waals surface area contributed by atoms with Crippen molar-refractivity contribution in [3.05, 3.63) is 39.3 Å². The van der Waals surface area contributed by atoms with Crippen molar-refractivity contribution in [2.75, 3.05) is 20.7 Å². The topological polar surface area (TPSA) is 59.0 Å². The maximum Gasteiger partial charge on any atom is 0.194 e. The van der Waals surface area contributed by atoms with E-state index in [0.717, 1.165) is 40.1 Å². The van der Waals surface area contributed by atoms with Crippen LogP contribution in [-0.4, -0.2) is 42.6 Å². The van der Waals surface area contributed by atoms with E-state index in [9.17, 15) is 0 Å². The van der Waals surface area contributed by atoms with E-state index in [4.69, 9.17) is 9.47 Å². The van der Waals surface area contributed by atoms with Gasteiger partial charge in [-0.3, -0.25) is 4.99 Å². The van der Waals surface area contributed by atoms with E-state index in [2.05, 4.69) is 44.6 Å². The van der Waals surface area contributed by atoms with Crippen LogP contribution in [0.2, 0.25) is 0 Å². The molecule has 8 heteroatoms. The molecule has 28 heavy (non-hydrogen) atoms. The minimum absolute atomic E-state index is 0. The van der Waals surface area contributed by atoms with Crippen LogP contribution in [0, 0.1) is 6.92 Å². The predicted octanol–water partition coefficient (Wildman–Crippen LogP) is 4.00. The highest BCUT2D eigenvalue weighted by molar-refractivity contribution is 14.0. The number of thiazole rings is 1. The molecule has 1 aliphatic heterocycles. The van der Waals surface area contributed by atoms with Gasteiger partial charge >= 0.3 is 0 Å². The van der Waals surface area contributed by atoms with Crippen LogP contribution in [0.15, 0.2) is 22.5 Å². The first-order valence-corrected chi connectivity index (χ1v) is 10.2. The molecule has 2 aromatic rings. The maximum absolute atomic E-state index is 5.91. The zero-order valence-electron chi connectivity index (χ0n) is 17.1. The minimum atomic E-state index is 0. The fourth-order valence-corrected chi connectivity index (χ4v) is 3.87. The van der Waals surface area contributed by atoms with Crippen LogP contribution >= 0.6 is 35.3 Å². The number of benzene rings is 1. The number of nitrogens with one attached hydrogen (secondary N) is 1. The van der Waals surface area contributed by atoms with Gasteiger partial charge in [0, 0.05) is 43.6 Å². The summed E-state index contributed by atoms with van der Waals surface area (Å²) in [7, 11) is 3.81. The maximum atomic E-state index is 5.91. The van der Waals surface area contributed by atoms with Gasteiger partial charge in [-0.1, -0.05) is 0 Å². The number of guanidine groups is 1. The molecule has 0 saturated heterocycles. The van der Waals surface area contributed by atoms with Crippen molar-refractivity contribution in [2.24, 2.45) is 4.99 Å². The third-order valence-corrected chi connectivity index (χ3v) is 5.28. The molecule has 1 aromatic heterocycles. The summed E-state index contributed by atoms with van der Waals surface area (Å²) in [6.07, 6.45) is 1.15. The molecule has 1 atom stereocenters. The fraction of sp³-hybridized carbons (Fsp3) is 0.500. The fourth-order valence-electron chi connectivity index (χ4n) is 3.27. The first kappa shape index (κ1) is 22.7. The average Bonchev–Trinajstić information content (AvgIpc) is 3.19. The van der Waals surface area contributed by atoms with Gasteiger partial charge in [0.15, 0.2) is 5.96 Å². The number of halogens is 1. The second-order valence-electron chi connectivity index (χ2n) is 6.75. The lowest BCUT2D eigenvalue weighted by Gasteiger charge is -2.22. The normalized spacial score (nSPS) is 15.5. The van der Waals surface area contributed by atoms with Crippen LogP contribution in [0.3, 0.4) is 0 Å². The van der Waals surface area contributed by atoms with E-state index < -0.39 is 0 Å². The monoisotopic (exact) mass is 516 g/mol. The molecule has 2 heterocycles. The predicted molar refractivity (Wildman–Crippen MR) is 125 cm³/mol. The molecule has 3 rings (SSSR count). The number of fused-ring (bicyclic) bond motifs is 1. The Morgan fingerprint density at radius 2 is 2.25 bits per heavy atom. The van der Waals surface area contributed by atoms with E-state index in [0.29, 0.717) is 19.7 Å². The van der Waals surface area contributed by atoms with Crippen molar-refractivity contribution in [1.29, 1.82) is 0 Å². The lowest BCUT2D eigenvalue weighted by Crippen LogP contribution is -2.38. The highest BCUT2D eigenvalue weighted by Gasteiger charge is 2.22. The van der Waals surface area contributed by atoms with E-state index in [1.165, 1.54) is 5.56 Å². The molecule has 0 spiro atoms. The molecule has 1 unspecified atom stereocenters. The van der Waals surface area contributed by atoms with Crippen LogP contribution < -0.4 is 14.8 Å². The van der Waals surface area contributed by atoms with Gasteiger partial charge in [0.05, 0.1) is 23.9 Å². The van der Waals surface area contributed by atoms with Gasteiger partial charge in [0.1, 0.15) is 17.6 Å². The minimum Gasteiger partial charge on any atom is -0.494 e. The summed E-state index contributed by atoms with van der Waals surface area (Å²) in [5.74, 6) is 2.69. The first-order chi connectivity index (χ1) is 13.0. The van der Waals surface area contributed by atoms with E-state index in [1.54, 1.807) is 18.4 Å². The SMILES string of the molecule is CCOc1cc2c(cc1CNC(=NC)N(C)Cc1csc(C)n1)OC(C)C2.I. The number of aryl methyl sites for hydroxylation is 1. The smallest absolute Gasteiger partial charge is 0.194 e. The molecule has 154 valence electrons. The van der Waals surface area contributed by atoms with Gasteiger partial charge in [-0.05, 0) is 32.9 Å². The Morgan fingerprint density at radius 3 is 2.89 bits per heavy atom. The van der Waals surface area contributed by atoms with Crippen LogP contribution in [0.1, 0.15) is 35.7 Å². The van der Waals surface area contributed by atoms with Gasteiger partial charge in [0.25, 0.3) is 0 Å². The van der Waals surface area contributed by atoms with Crippen molar-refractivity contribution in [3.8, 4) is 11.5 Å². The standard InChI is InChI=1S/C20H28N4O2S.HI/c1-6-25-18-8-15-7-13(2)26-19(15)9-16(18)10-22-20(21-4)24(5)11-17-12-27-14(3)23-17;/h8-9,12-13H,6-7,10-11H2,1-5H3,(H,21,22);1H. The number of rotatable bonds is 6. The molecule has 1 aromatic carbocycles. The van der Waals surface area contributed by atoms with Gasteiger partial charge in [-0.25, -0.2) is 4.98 Å². The first-order valence-electron chi connectivity index (χ1n) is 9.28. The van der Waals surface area contributed by atoms with Crippen molar-refractivity contribution >= 4 is 41.3 Å². The Labute approximate surface area is 188 Å². The summed E-state index contributed by atoms with van der Waals surface area (Å²) in [6.45, 7) is 8.09. The van der Waals surface area contributed by atoms with Crippen molar-refractivity contribution in [1.82, 2.24) is 15.2 Å². The van der Waals surface area contributed by atoms with Gasteiger partial charge in [-0.15, -0.1) is 35.3 Å². The Morgan fingerprint density at radius 1 is 1.46 bits per heavy atom. The largest absolute Gasteiger partial charge is 0.494 e. The molecule has 0 aliphatic carbocycles. The van der Waals surface area contributed by atoms with E-state index >= 15 is 0 Å². The molecule has 0 fully saturated rings. The summed E-state index contributed by atoms with van der Waals surface area (Å²) in [5.41, 5.74) is 3.34. The summed E-state index contributed by atoms with van der Waals surface area (Å²) < 4.78 is 11.8. The second-order valence-corrected chi connectivity index (χ2v) is 7.81. The Bertz CT molecular complexity index is 825. The highest BCUT2D eigenvalue weighted by Crippen LogP contribution is 2.35. The second kappa shape index (κ2) is 10.3.